The van der Waals surface area contributed by atoms with Crippen LogP contribution in [0.5, 0.6) is 0 Å². The van der Waals surface area contributed by atoms with Gasteiger partial charge in [-0.25, -0.2) is 4.79 Å². The monoisotopic (exact) mass is 230 g/mol. The first-order chi connectivity index (χ1) is 8.08. The number of carbonyl (C=O) groups excluding carboxylic acids is 1. The number of benzene rings is 1. The molecule has 17 heavy (non-hydrogen) atoms. The molecule has 0 unspecified atom stereocenters. The molecule has 1 N–H and O–H groups in total. The van der Waals surface area contributed by atoms with Crippen molar-refractivity contribution in [2.24, 2.45) is 5.92 Å². The summed E-state index contributed by atoms with van der Waals surface area (Å²) in [5.41, 5.74) is 2.00. The van der Waals surface area contributed by atoms with E-state index in [4.69, 9.17) is 5.11 Å². The second-order valence-corrected chi connectivity index (χ2v) is 4.39. The van der Waals surface area contributed by atoms with Gasteiger partial charge in [0.25, 0.3) is 0 Å². The van der Waals surface area contributed by atoms with Crippen molar-refractivity contribution in [3.63, 3.8) is 0 Å². The van der Waals surface area contributed by atoms with Crippen LogP contribution >= 0.6 is 0 Å². The molecule has 1 aromatic rings. The summed E-state index contributed by atoms with van der Waals surface area (Å²) in [4.78, 5) is 22.3. The van der Waals surface area contributed by atoms with E-state index in [2.05, 4.69) is 0 Å². The Balaban J connectivity index is 2.21. The molecule has 1 aromatic carbocycles. The summed E-state index contributed by atoms with van der Waals surface area (Å²) < 4.78 is 0. The number of allylic oxidation sites excluding steroid dienone is 1. The minimum absolute atomic E-state index is 0.144. The van der Waals surface area contributed by atoms with Gasteiger partial charge in [-0.15, -0.1) is 0 Å². The van der Waals surface area contributed by atoms with Crippen molar-refractivity contribution in [2.75, 3.05) is 0 Å². The Kier molecular flexibility index (Phi) is 3.09. The summed E-state index contributed by atoms with van der Waals surface area (Å²) in [5, 5.41) is 8.88. The number of hydrogen-bond acceptors (Lipinski definition) is 2. The molecule has 1 fully saturated rings. The van der Waals surface area contributed by atoms with Gasteiger partial charge in [0, 0.05) is 5.92 Å². The maximum Gasteiger partial charge on any atom is 0.335 e. The summed E-state index contributed by atoms with van der Waals surface area (Å²) in [5.74, 6) is -0.604. The zero-order valence-electron chi connectivity index (χ0n) is 9.64. The Morgan fingerprint density at radius 2 is 2.06 bits per heavy atom. The van der Waals surface area contributed by atoms with E-state index in [-0.39, 0.29) is 17.3 Å². The summed E-state index contributed by atoms with van der Waals surface area (Å²) in [6, 6.07) is 4.91. The van der Waals surface area contributed by atoms with Gasteiger partial charge in [-0.05, 0) is 49.1 Å². The number of ketones is 1. The molecule has 1 aliphatic rings. The van der Waals surface area contributed by atoms with E-state index < -0.39 is 5.97 Å². The van der Waals surface area contributed by atoms with Crippen LogP contribution in [-0.2, 0) is 4.79 Å². The van der Waals surface area contributed by atoms with E-state index in [9.17, 15) is 9.59 Å². The van der Waals surface area contributed by atoms with Gasteiger partial charge in [0.2, 0.25) is 0 Å². The number of carboxylic acids is 1. The topological polar surface area (TPSA) is 54.4 Å². The van der Waals surface area contributed by atoms with E-state index in [1.54, 1.807) is 30.4 Å². The van der Waals surface area contributed by atoms with Crippen LogP contribution in [-0.4, -0.2) is 16.9 Å². The van der Waals surface area contributed by atoms with Gasteiger partial charge in [0.1, 0.15) is 0 Å². The van der Waals surface area contributed by atoms with E-state index in [0.29, 0.717) is 0 Å². The highest BCUT2D eigenvalue weighted by molar-refractivity contribution is 5.97. The van der Waals surface area contributed by atoms with Crippen LogP contribution in [0.2, 0.25) is 0 Å². The predicted octanol–water partition coefficient (Wildman–Crippen LogP) is 2.69. The van der Waals surface area contributed by atoms with Gasteiger partial charge in [0.15, 0.2) is 5.78 Å². The number of rotatable bonds is 4. The van der Waals surface area contributed by atoms with Crippen molar-refractivity contribution in [1.29, 1.82) is 0 Å². The average Bonchev–Trinajstić information content (AvgIpc) is 3.11. The second kappa shape index (κ2) is 4.53. The van der Waals surface area contributed by atoms with Crippen molar-refractivity contribution in [3.05, 3.63) is 41.0 Å². The lowest BCUT2D eigenvalue weighted by atomic mass is 10.0. The van der Waals surface area contributed by atoms with Gasteiger partial charge >= 0.3 is 5.97 Å². The number of aromatic carboxylic acids is 1. The van der Waals surface area contributed by atoms with E-state index in [1.807, 2.05) is 6.92 Å². The molecule has 0 saturated heterocycles. The molecule has 88 valence electrons. The van der Waals surface area contributed by atoms with Crippen LogP contribution in [0.4, 0.5) is 0 Å². The van der Waals surface area contributed by atoms with Crippen molar-refractivity contribution < 1.29 is 14.7 Å². The molecule has 0 spiro atoms. The second-order valence-electron chi connectivity index (χ2n) is 4.39. The van der Waals surface area contributed by atoms with E-state index >= 15 is 0 Å². The fourth-order valence-electron chi connectivity index (χ4n) is 1.63. The summed E-state index contributed by atoms with van der Waals surface area (Å²) >= 11 is 0. The third kappa shape index (κ3) is 2.81. The number of hydrogen-bond donors (Lipinski definition) is 1. The Hall–Kier alpha value is -1.90. The molecule has 0 bridgehead atoms. The van der Waals surface area contributed by atoms with E-state index in [0.717, 1.165) is 24.0 Å². The van der Waals surface area contributed by atoms with Gasteiger partial charge in [-0.2, -0.15) is 0 Å². The maximum absolute atomic E-state index is 11.5. The van der Waals surface area contributed by atoms with Gasteiger partial charge in [-0.3, -0.25) is 4.79 Å². The molecule has 0 aliphatic heterocycles. The smallest absolute Gasteiger partial charge is 0.335 e. The first kappa shape index (κ1) is 11.6. The zero-order chi connectivity index (χ0) is 12.4. The van der Waals surface area contributed by atoms with Crippen molar-refractivity contribution in [1.82, 2.24) is 0 Å². The third-order valence-corrected chi connectivity index (χ3v) is 2.93. The molecule has 1 saturated carbocycles. The quantitative estimate of drug-likeness (QED) is 0.809. The highest BCUT2D eigenvalue weighted by Gasteiger charge is 2.27. The molecule has 0 aromatic heterocycles. The molecule has 0 amide bonds. The van der Waals surface area contributed by atoms with Crippen molar-refractivity contribution in [2.45, 2.75) is 19.8 Å². The highest BCUT2D eigenvalue weighted by atomic mass is 16.4. The molecular weight excluding hydrogens is 216 g/mol. The number of carboxylic acid groups (broad SMARTS) is 1. The minimum Gasteiger partial charge on any atom is -0.478 e. The first-order valence-corrected chi connectivity index (χ1v) is 5.64. The fourth-order valence-corrected chi connectivity index (χ4v) is 1.63. The number of carbonyl (C=O) groups is 2. The molecule has 0 radical (unpaired) electrons. The van der Waals surface area contributed by atoms with Crippen LogP contribution in [0.15, 0.2) is 24.3 Å². The lowest BCUT2D eigenvalue weighted by Gasteiger charge is -2.02. The minimum atomic E-state index is -0.951. The van der Waals surface area contributed by atoms with Crippen LogP contribution < -0.4 is 0 Å². The predicted molar refractivity (Wildman–Crippen MR) is 64.9 cm³/mol. The SMILES string of the molecule is Cc1ccc(C(=O)O)cc1/C=C\C(=O)C1CC1. The molecule has 3 nitrogen and oxygen atoms in total. The van der Waals surface area contributed by atoms with Crippen LogP contribution in [0.1, 0.15) is 34.3 Å². The highest BCUT2D eigenvalue weighted by Crippen LogP contribution is 2.30. The summed E-state index contributed by atoms with van der Waals surface area (Å²) in [6.45, 7) is 1.90. The third-order valence-electron chi connectivity index (χ3n) is 2.93. The van der Waals surface area contributed by atoms with Crippen LogP contribution in [0.25, 0.3) is 6.08 Å². The van der Waals surface area contributed by atoms with Gasteiger partial charge in [0.05, 0.1) is 5.56 Å². The number of aryl methyl sites for hydroxylation is 1. The molecule has 2 rings (SSSR count). The maximum atomic E-state index is 11.5. The van der Waals surface area contributed by atoms with E-state index in [1.165, 1.54) is 0 Å². The molecular formula is C14H14O3. The molecule has 0 atom stereocenters. The molecule has 3 heteroatoms. The zero-order valence-corrected chi connectivity index (χ0v) is 9.64. The van der Waals surface area contributed by atoms with Gasteiger partial charge < -0.3 is 5.11 Å². The Morgan fingerprint density at radius 1 is 1.35 bits per heavy atom. The van der Waals surface area contributed by atoms with Crippen LogP contribution in [0, 0.1) is 12.8 Å². The van der Waals surface area contributed by atoms with Crippen molar-refractivity contribution >= 4 is 17.8 Å². The first-order valence-electron chi connectivity index (χ1n) is 5.64. The largest absolute Gasteiger partial charge is 0.478 e. The lowest BCUT2D eigenvalue weighted by Crippen LogP contribution is -1.98. The van der Waals surface area contributed by atoms with Crippen LogP contribution in [0.3, 0.4) is 0 Å². The standard InChI is InChI=1S/C14H14O3/c1-9-2-3-12(14(16)17)8-11(9)6-7-13(15)10-4-5-10/h2-3,6-8,10H,4-5H2,1H3,(H,16,17)/b7-6-. The van der Waals surface area contributed by atoms with Gasteiger partial charge in [-0.1, -0.05) is 12.1 Å². The molecule has 1 aliphatic carbocycles. The fraction of sp³-hybridized carbons (Fsp3) is 0.286. The average molecular weight is 230 g/mol. The lowest BCUT2D eigenvalue weighted by molar-refractivity contribution is -0.115. The Labute approximate surface area is 99.8 Å². The summed E-state index contributed by atoms with van der Waals surface area (Å²) in [7, 11) is 0. The molecule has 0 heterocycles. The Bertz CT molecular complexity index is 496. The summed E-state index contributed by atoms with van der Waals surface area (Å²) in [6.07, 6.45) is 5.24. The van der Waals surface area contributed by atoms with Crippen molar-refractivity contribution in [3.8, 4) is 0 Å². The normalized spacial score (nSPS) is 15.1. The Morgan fingerprint density at radius 3 is 2.65 bits per heavy atom.